The summed E-state index contributed by atoms with van der Waals surface area (Å²) < 4.78 is 4.36. The maximum Gasteiger partial charge on any atom is 0.238 e. The molecular weight excluding hydrogens is 561 g/mol. The van der Waals surface area contributed by atoms with Crippen LogP contribution in [0.1, 0.15) is 0 Å². The molecule has 7 heteroatoms. The smallest absolute Gasteiger partial charge is 0.238 e. The second-order valence-corrected chi connectivity index (χ2v) is 11.7. The van der Waals surface area contributed by atoms with Gasteiger partial charge < -0.3 is 0 Å². The second-order valence-electron chi connectivity index (χ2n) is 10.6. The lowest BCUT2D eigenvalue weighted by Gasteiger charge is -2.11. The minimum Gasteiger partial charge on any atom is -0.276 e. The molecule has 0 aliphatic rings. The van der Waals surface area contributed by atoms with E-state index in [-0.39, 0.29) is 0 Å². The normalized spacial score (nSPS) is 11.6. The van der Waals surface area contributed by atoms with Crippen LogP contribution in [0.3, 0.4) is 0 Å². The van der Waals surface area contributed by atoms with E-state index in [0.29, 0.717) is 17.6 Å². The average Bonchev–Trinajstić information content (AvgIpc) is 3.65. The molecule has 0 saturated heterocycles. The number of aromatic nitrogens is 6. The lowest BCUT2D eigenvalue weighted by Crippen LogP contribution is -2.06. The fraction of sp³-hybridized carbons (Fsp3) is 0. The number of hydrogen-bond acceptors (Lipinski definition) is 6. The van der Waals surface area contributed by atoms with Gasteiger partial charge in [-0.3, -0.25) is 4.57 Å². The van der Waals surface area contributed by atoms with Crippen LogP contribution in [0.5, 0.6) is 0 Å². The van der Waals surface area contributed by atoms with Crippen LogP contribution in [0.25, 0.3) is 82.0 Å². The molecule has 0 N–H and O–H groups in total. The molecule has 44 heavy (non-hydrogen) atoms. The highest BCUT2D eigenvalue weighted by molar-refractivity contribution is 7.26. The monoisotopic (exact) mass is 582 g/mol. The molecule has 9 aromatic rings. The molecular formula is C37H22N6S. The van der Waals surface area contributed by atoms with Crippen LogP contribution in [0.15, 0.2) is 134 Å². The third-order valence-corrected chi connectivity index (χ3v) is 9.18. The van der Waals surface area contributed by atoms with Gasteiger partial charge in [0.05, 0.1) is 25.9 Å². The van der Waals surface area contributed by atoms with Crippen molar-refractivity contribution in [2.24, 2.45) is 0 Å². The van der Waals surface area contributed by atoms with Gasteiger partial charge in [0.15, 0.2) is 11.6 Å². The van der Waals surface area contributed by atoms with Crippen molar-refractivity contribution in [3.63, 3.8) is 0 Å². The molecule has 0 aliphatic carbocycles. The largest absolute Gasteiger partial charge is 0.276 e. The van der Waals surface area contributed by atoms with Crippen molar-refractivity contribution in [1.29, 1.82) is 0 Å². The van der Waals surface area contributed by atoms with E-state index in [0.717, 1.165) is 58.8 Å². The molecule has 0 unspecified atom stereocenters. The van der Waals surface area contributed by atoms with Gasteiger partial charge in [-0.1, -0.05) is 115 Å². The highest BCUT2D eigenvalue weighted by Crippen LogP contribution is 2.42. The summed E-state index contributed by atoms with van der Waals surface area (Å²) in [5, 5.41) is 3.38. The molecule has 4 heterocycles. The molecule has 0 radical (unpaired) electrons. The van der Waals surface area contributed by atoms with Crippen molar-refractivity contribution >= 4 is 53.4 Å². The number of thiophene rings is 1. The minimum absolute atomic E-state index is 0.572. The molecule has 0 amide bonds. The predicted molar refractivity (Wildman–Crippen MR) is 179 cm³/mol. The Morgan fingerprint density at radius 2 is 1.14 bits per heavy atom. The molecule has 0 atom stereocenters. The Labute approximate surface area is 256 Å². The summed E-state index contributed by atoms with van der Waals surface area (Å²) >= 11 is 1.70. The standard InChI is InChI=1S/C37H22N6S/c1-3-9-23(10-4-1)24-15-17-26(18-16-24)36-40-35(25-11-5-2-6-12-25)41-37(42-36)43-30-14-8-7-13-27(30)28-19-20-29-32-31(21-38-22-39-32)44-34(29)33(28)43/h1-22H. The second kappa shape index (κ2) is 9.90. The van der Waals surface area contributed by atoms with Crippen molar-refractivity contribution in [3.05, 3.63) is 134 Å². The van der Waals surface area contributed by atoms with Crippen LogP contribution in [0, 0.1) is 0 Å². The van der Waals surface area contributed by atoms with Crippen molar-refractivity contribution in [2.75, 3.05) is 0 Å². The molecule has 0 bridgehead atoms. The molecule has 0 aliphatic heterocycles. The van der Waals surface area contributed by atoms with Gasteiger partial charge in [-0.2, -0.15) is 9.97 Å². The van der Waals surface area contributed by atoms with E-state index in [4.69, 9.17) is 15.0 Å². The van der Waals surface area contributed by atoms with Gasteiger partial charge in [0.25, 0.3) is 0 Å². The highest BCUT2D eigenvalue weighted by atomic mass is 32.1. The fourth-order valence-electron chi connectivity index (χ4n) is 5.98. The first-order chi connectivity index (χ1) is 21.8. The van der Waals surface area contributed by atoms with Gasteiger partial charge in [-0.15, -0.1) is 11.3 Å². The number of nitrogens with zero attached hydrogens (tertiary/aromatic N) is 6. The van der Waals surface area contributed by atoms with Crippen LogP contribution in [0.2, 0.25) is 0 Å². The molecule has 5 aromatic carbocycles. The van der Waals surface area contributed by atoms with Crippen LogP contribution < -0.4 is 0 Å². The summed E-state index contributed by atoms with van der Waals surface area (Å²) in [4.78, 5) is 24.2. The van der Waals surface area contributed by atoms with Crippen LogP contribution >= 0.6 is 11.3 Å². The lowest BCUT2D eigenvalue weighted by atomic mass is 10.0. The van der Waals surface area contributed by atoms with Crippen LogP contribution in [-0.4, -0.2) is 29.5 Å². The van der Waals surface area contributed by atoms with Gasteiger partial charge in [-0.25, -0.2) is 15.0 Å². The molecule has 0 fully saturated rings. The molecule has 9 rings (SSSR count). The Balaban J connectivity index is 1.33. The predicted octanol–water partition coefficient (Wildman–Crippen LogP) is 9.13. The van der Waals surface area contributed by atoms with Gasteiger partial charge in [-0.05, 0) is 17.2 Å². The van der Waals surface area contributed by atoms with Gasteiger partial charge in [0, 0.05) is 33.5 Å². The van der Waals surface area contributed by atoms with Crippen LogP contribution in [0.4, 0.5) is 0 Å². The van der Waals surface area contributed by atoms with E-state index in [1.807, 2.05) is 42.6 Å². The van der Waals surface area contributed by atoms with E-state index in [2.05, 4.69) is 99.5 Å². The highest BCUT2D eigenvalue weighted by Gasteiger charge is 2.21. The average molecular weight is 583 g/mol. The molecule has 0 saturated carbocycles. The van der Waals surface area contributed by atoms with Crippen LogP contribution in [-0.2, 0) is 0 Å². The summed E-state index contributed by atoms with van der Waals surface area (Å²) in [5.41, 5.74) is 7.22. The lowest BCUT2D eigenvalue weighted by molar-refractivity contribution is 0.955. The number of para-hydroxylation sites is 1. The van der Waals surface area contributed by atoms with Crippen molar-refractivity contribution in [1.82, 2.24) is 29.5 Å². The minimum atomic E-state index is 0.572. The third kappa shape index (κ3) is 3.91. The summed E-state index contributed by atoms with van der Waals surface area (Å²) in [7, 11) is 0. The van der Waals surface area contributed by atoms with E-state index >= 15 is 0 Å². The Morgan fingerprint density at radius 1 is 0.523 bits per heavy atom. The Morgan fingerprint density at radius 3 is 1.91 bits per heavy atom. The number of hydrogen-bond donors (Lipinski definition) is 0. The summed E-state index contributed by atoms with van der Waals surface area (Å²) in [6.45, 7) is 0. The van der Waals surface area contributed by atoms with E-state index < -0.39 is 0 Å². The first-order valence-electron chi connectivity index (χ1n) is 14.3. The Kier molecular flexibility index (Phi) is 5.57. The topological polar surface area (TPSA) is 69.4 Å². The zero-order valence-electron chi connectivity index (χ0n) is 23.3. The van der Waals surface area contributed by atoms with Crippen molar-refractivity contribution < 1.29 is 0 Å². The van der Waals surface area contributed by atoms with E-state index in [1.54, 1.807) is 17.7 Å². The van der Waals surface area contributed by atoms with Gasteiger partial charge >= 0.3 is 0 Å². The fourth-order valence-corrected chi connectivity index (χ4v) is 7.15. The third-order valence-electron chi connectivity index (χ3n) is 8.04. The molecule has 0 spiro atoms. The first-order valence-corrected chi connectivity index (χ1v) is 15.2. The zero-order chi connectivity index (χ0) is 29.0. The SMILES string of the molecule is c1ccc(-c2ccc(-c3nc(-c4ccccc4)nc(-n4c5ccccc5c5ccc6c7ncncc7sc6c54)n3)cc2)cc1. The first kappa shape index (κ1) is 24.8. The summed E-state index contributed by atoms with van der Waals surface area (Å²) in [6.07, 6.45) is 3.50. The maximum absolute atomic E-state index is 5.15. The Bertz CT molecular complexity index is 2480. The zero-order valence-corrected chi connectivity index (χ0v) is 24.1. The number of benzene rings is 5. The quantitative estimate of drug-likeness (QED) is 0.207. The van der Waals surface area contributed by atoms with Gasteiger partial charge in [0.2, 0.25) is 5.95 Å². The number of fused-ring (bicyclic) bond motifs is 7. The molecule has 6 nitrogen and oxygen atoms in total. The molecule has 206 valence electrons. The summed E-state index contributed by atoms with van der Waals surface area (Å²) in [6, 6.07) is 41.7. The summed E-state index contributed by atoms with van der Waals surface area (Å²) in [5.74, 6) is 1.81. The number of rotatable bonds is 4. The Hall–Kier alpha value is -5.79. The maximum atomic E-state index is 5.15. The molecule has 4 aromatic heterocycles. The van der Waals surface area contributed by atoms with Gasteiger partial charge in [0.1, 0.15) is 6.33 Å². The van der Waals surface area contributed by atoms with E-state index in [1.165, 1.54) is 5.56 Å². The van der Waals surface area contributed by atoms with Crippen molar-refractivity contribution in [3.8, 4) is 39.9 Å². The van der Waals surface area contributed by atoms with E-state index in [9.17, 15) is 0 Å². The van der Waals surface area contributed by atoms with Crippen molar-refractivity contribution in [2.45, 2.75) is 0 Å².